The first kappa shape index (κ1) is 21.9. The number of rotatable bonds is 10. The molecule has 158 valence electrons. The maximum absolute atomic E-state index is 14.5. The van der Waals surface area contributed by atoms with Gasteiger partial charge in [-0.2, -0.15) is 0 Å². The van der Waals surface area contributed by atoms with Crippen LogP contribution in [0.3, 0.4) is 0 Å². The second-order valence-corrected chi connectivity index (χ2v) is 8.82. The molecule has 1 fully saturated rings. The fourth-order valence-corrected chi connectivity index (χ4v) is 4.61. The lowest BCUT2D eigenvalue weighted by atomic mass is 9.78. The summed E-state index contributed by atoms with van der Waals surface area (Å²) < 4.78 is 14.5. The van der Waals surface area contributed by atoms with Gasteiger partial charge >= 0.3 is 0 Å². The lowest BCUT2D eigenvalue weighted by Gasteiger charge is -2.28. The van der Waals surface area contributed by atoms with Gasteiger partial charge in [0.05, 0.1) is 0 Å². The fraction of sp³-hybridized carbons (Fsp3) is 0.615. The Morgan fingerprint density at radius 2 is 1.62 bits per heavy atom. The highest BCUT2D eigenvalue weighted by atomic mass is 19.1. The third kappa shape index (κ3) is 6.35. The molecule has 2 aromatic rings. The Morgan fingerprint density at radius 1 is 0.897 bits per heavy atom. The van der Waals surface area contributed by atoms with Crippen molar-refractivity contribution in [3.05, 3.63) is 47.5 Å². The number of nitrogens with zero attached hydrogens (tertiary/aromatic N) is 2. The molecule has 0 atom stereocenters. The molecular formula is C26H37FN2. The summed E-state index contributed by atoms with van der Waals surface area (Å²) in [6, 6.07) is 5.47. The number of aromatic nitrogens is 2. The molecule has 1 aromatic heterocycles. The summed E-state index contributed by atoms with van der Waals surface area (Å²) in [4.78, 5) is 9.14. The van der Waals surface area contributed by atoms with Crippen molar-refractivity contribution in [2.24, 2.45) is 5.92 Å². The van der Waals surface area contributed by atoms with Crippen molar-refractivity contribution in [2.45, 2.75) is 96.8 Å². The van der Waals surface area contributed by atoms with E-state index in [1.54, 1.807) is 6.07 Å². The van der Waals surface area contributed by atoms with Crippen molar-refractivity contribution >= 4 is 0 Å². The summed E-state index contributed by atoms with van der Waals surface area (Å²) in [5.74, 6) is 2.00. The van der Waals surface area contributed by atoms with Gasteiger partial charge in [0.2, 0.25) is 0 Å². The summed E-state index contributed by atoms with van der Waals surface area (Å²) in [5.41, 5.74) is 2.83. The molecule has 1 aromatic carbocycles. The largest absolute Gasteiger partial charge is 0.236 e. The van der Waals surface area contributed by atoms with Crippen molar-refractivity contribution in [3.8, 4) is 11.4 Å². The van der Waals surface area contributed by atoms with Gasteiger partial charge < -0.3 is 0 Å². The molecule has 0 unspecified atom stereocenters. The molecule has 0 saturated heterocycles. The third-order valence-electron chi connectivity index (χ3n) is 6.57. The minimum Gasteiger partial charge on any atom is -0.236 e. The standard InChI is InChI=1S/C26H37FN2/c1-3-5-7-8-10-22-15-16-23(17-25(22)27)26-28-18-24(19-29-26)21-13-11-20(12-14-21)9-6-4-2/h15-21H,3-14H2,1-2H3. The Kier molecular flexibility index (Phi) is 8.64. The predicted octanol–water partition coefficient (Wildman–Crippen LogP) is 7.87. The third-order valence-corrected chi connectivity index (χ3v) is 6.57. The summed E-state index contributed by atoms with van der Waals surface area (Å²) in [7, 11) is 0. The first-order valence-corrected chi connectivity index (χ1v) is 11.8. The van der Waals surface area contributed by atoms with E-state index in [4.69, 9.17) is 0 Å². The Balaban J connectivity index is 1.57. The smallest absolute Gasteiger partial charge is 0.159 e. The molecule has 2 nitrogen and oxygen atoms in total. The van der Waals surface area contributed by atoms with E-state index in [1.165, 1.54) is 69.8 Å². The van der Waals surface area contributed by atoms with Gasteiger partial charge in [-0.05, 0) is 67.6 Å². The van der Waals surface area contributed by atoms with E-state index in [9.17, 15) is 4.39 Å². The van der Waals surface area contributed by atoms with Crippen molar-refractivity contribution in [1.29, 1.82) is 0 Å². The number of hydrogen-bond donors (Lipinski definition) is 0. The number of halogens is 1. The normalized spacial score (nSPS) is 19.4. The number of benzene rings is 1. The number of hydrogen-bond acceptors (Lipinski definition) is 2. The van der Waals surface area contributed by atoms with E-state index in [1.807, 2.05) is 24.5 Å². The second-order valence-electron chi connectivity index (χ2n) is 8.82. The highest BCUT2D eigenvalue weighted by molar-refractivity contribution is 5.55. The van der Waals surface area contributed by atoms with Crippen LogP contribution in [0.15, 0.2) is 30.6 Å². The zero-order valence-electron chi connectivity index (χ0n) is 18.3. The highest BCUT2D eigenvalue weighted by Crippen LogP contribution is 2.37. The van der Waals surface area contributed by atoms with Crippen LogP contribution in [0.1, 0.15) is 102 Å². The van der Waals surface area contributed by atoms with Crippen LogP contribution in [-0.2, 0) is 6.42 Å². The van der Waals surface area contributed by atoms with Crippen LogP contribution >= 0.6 is 0 Å². The van der Waals surface area contributed by atoms with Crippen LogP contribution in [0.25, 0.3) is 11.4 Å². The van der Waals surface area contributed by atoms with Crippen LogP contribution in [0.2, 0.25) is 0 Å². The molecule has 1 heterocycles. The SMILES string of the molecule is CCCCCCc1ccc(-c2ncc(C3CCC(CCCC)CC3)cn2)cc1F. The zero-order valence-corrected chi connectivity index (χ0v) is 18.3. The van der Waals surface area contributed by atoms with Crippen molar-refractivity contribution in [1.82, 2.24) is 9.97 Å². The highest BCUT2D eigenvalue weighted by Gasteiger charge is 2.22. The first-order chi connectivity index (χ1) is 14.2. The molecular weight excluding hydrogens is 359 g/mol. The molecule has 0 radical (unpaired) electrons. The van der Waals surface area contributed by atoms with Crippen LogP contribution in [0, 0.1) is 11.7 Å². The van der Waals surface area contributed by atoms with E-state index in [2.05, 4.69) is 23.8 Å². The van der Waals surface area contributed by atoms with Gasteiger partial charge in [-0.3, -0.25) is 0 Å². The van der Waals surface area contributed by atoms with Gasteiger partial charge in [0.25, 0.3) is 0 Å². The minimum absolute atomic E-state index is 0.128. The van der Waals surface area contributed by atoms with E-state index < -0.39 is 0 Å². The average molecular weight is 397 g/mol. The molecule has 0 amide bonds. The van der Waals surface area contributed by atoms with Crippen LogP contribution in [-0.4, -0.2) is 9.97 Å². The fourth-order valence-electron chi connectivity index (χ4n) is 4.61. The van der Waals surface area contributed by atoms with Gasteiger partial charge in [0, 0.05) is 18.0 Å². The van der Waals surface area contributed by atoms with Crippen LogP contribution in [0.5, 0.6) is 0 Å². The second kappa shape index (κ2) is 11.4. The summed E-state index contributed by atoms with van der Waals surface area (Å²) in [6.45, 7) is 4.47. The Morgan fingerprint density at radius 3 is 2.28 bits per heavy atom. The predicted molar refractivity (Wildman–Crippen MR) is 119 cm³/mol. The molecule has 0 aliphatic heterocycles. The lowest BCUT2D eigenvalue weighted by molar-refractivity contribution is 0.304. The molecule has 1 saturated carbocycles. The topological polar surface area (TPSA) is 25.8 Å². The van der Waals surface area contributed by atoms with Crippen molar-refractivity contribution in [2.75, 3.05) is 0 Å². The number of unbranched alkanes of at least 4 members (excludes halogenated alkanes) is 4. The van der Waals surface area contributed by atoms with E-state index in [-0.39, 0.29) is 5.82 Å². The van der Waals surface area contributed by atoms with Gasteiger partial charge in [0.15, 0.2) is 5.82 Å². The Hall–Kier alpha value is -1.77. The zero-order chi connectivity index (χ0) is 20.5. The summed E-state index contributed by atoms with van der Waals surface area (Å²) >= 11 is 0. The molecule has 3 heteroatoms. The monoisotopic (exact) mass is 396 g/mol. The van der Waals surface area contributed by atoms with Gasteiger partial charge in [0.1, 0.15) is 5.82 Å². The van der Waals surface area contributed by atoms with E-state index in [0.717, 1.165) is 29.9 Å². The lowest BCUT2D eigenvalue weighted by Crippen LogP contribution is -2.13. The summed E-state index contributed by atoms with van der Waals surface area (Å²) in [6.07, 6.45) is 18.6. The van der Waals surface area contributed by atoms with Gasteiger partial charge in [-0.25, -0.2) is 14.4 Å². The molecule has 3 rings (SSSR count). The van der Waals surface area contributed by atoms with Crippen molar-refractivity contribution in [3.63, 3.8) is 0 Å². The van der Waals surface area contributed by atoms with Gasteiger partial charge in [-0.15, -0.1) is 0 Å². The first-order valence-electron chi connectivity index (χ1n) is 11.8. The molecule has 29 heavy (non-hydrogen) atoms. The maximum Gasteiger partial charge on any atom is 0.159 e. The molecule has 0 spiro atoms. The maximum atomic E-state index is 14.5. The number of aryl methyl sites for hydroxylation is 1. The van der Waals surface area contributed by atoms with Crippen LogP contribution < -0.4 is 0 Å². The molecule has 0 bridgehead atoms. The average Bonchev–Trinajstić information content (AvgIpc) is 2.76. The summed E-state index contributed by atoms with van der Waals surface area (Å²) in [5, 5.41) is 0. The van der Waals surface area contributed by atoms with E-state index >= 15 is 0 Å². The van der Waals surface area contributed by atoms with Gasteiger partial charge in [-0.1, -0.05) is 64.5 Å². The minimum atomic E-state index is -0.128. The Bertz CT molecular complexity index is 733. The quantitative estimate of drug-likeness (QED) is 0.382. The molecule has 1 aliphatic carbocycles. The van der Waals surface area contributed by atoms with Crippen LogP contribution in [0.4, 0.5) is 4.39 Å². The molecule has 0 N–H and O–H groups in total. The Labute approximate surface area is 176 Å². The molecule has 1 aliphatic rings. The van der Waals surface area contributed by atoms with Crippen molar-refractivity contribution < 1.29 is 4.39 Å². The van der Waals surface area contributed by atoms with E-state index in [0.29, 0.717) is 11.7 Å².